The molecular formula is C20H31N4O4S+. The number of hydrogen-bond donors (Lipinski definition) is 2. The summed E-state index contributed by atoms with van der Waals surface area (Å²) >= 11 is 0. The number of aryl methyl sites for hydroxylation is 2. The first kappa shape index (κ1) is 21.7. The molecule has 0 spiro atoms. The number of nitrogens with two attached hydrogens (primary N) is 1. The van der Waals surface area contributed by atoms with Gasteiger partial charge in [-0.3, -0.25) is 9.59 Å². The van der Waals surface area contributed by atoms with Crippen LogP contribution >= 0.6 is 0 Å². The number of benzene rings is 1. The molecule has 2 aliphatic rings. The van der Waals surface area contributed by atoms with Crippen LogP contribution in [0, 0.1) is 13.8 Å². The highest BCUT2D eigenvalue weighted by molar-refractivity contribution is 7.89. The van der Waals surface area contributed by atoms with Gasteiger partial charge >= 0.3 is 0 Å². The van der Waals surface area contributed by atoms with Crippen molar-refractivity contribution in [3.63, 3.8) is 0 Å². The lowest BCUT2D eigenvalue weighted by molar-refractivity contribution is -0.896. The predicted octanol–water partition coefficient (Wildman–Crippen LogP) is -0.941. The van der Waals surface area contributed by atoms with Gasteiger partial charge in [-0.25, -0.2) is 8.42 Å². The summed E-state index contributed by atoms with van der Waals surface area (Å²) < 4.78 is 27.5. The molecule has 160 valence electrons. The Morgan fingerprint density at radius 3 is 2.45 bits per heavy atom. The van der Waals surface area contributed by atoms with Gasteiger partial charge in [0, 0.05) is 6.54 Å². The van der Waals surface area contributed by atoms with Crippen LogP contribution in [-0.2, 0) is 19.6 Å². The third-order valence-electron chi connectivity index (χ3n) is 5.93. The average molecular weight is 424 g/mol. The standard InChI is InChI=1S/C20H30N4O4S/c1-15-6-7-18(16(2)13-15)29(27,28)23-11-9-22(10-12-23)14-19(25)24-8-4-3-5-17(24)20(21)26/h6-7,13,17H,3-5,8-12,14H2,1-2H3,(H2,21,26)/p+1/t17-/m0/s1. The maximum atomic E-state index is 13.0. The van der Waals surface area contributed by atoms with Gasteiger partial charge in [-0.2, -0.15) is 4.31 Å². The second-order valence-electron chi connectivity index (χ2n) is 8.10. The van der Waals surface area contributed by atoms with E-state index in [-0.39, 0.29) is 12.5 Å². The summed E-state index contributed by atoms with van der Waals surface area (Å²) in [4.78, 5) is 27.4. The number of likely N-dealkylation sites (tertiary alicyclic amines) is 1. The molecule has 2 heterocycles. The predicted molar refractivity (Wildman–Crippen MR) is 109 cm³/mol. The Labute approximate surface area is 172 Å². The molecule has 2 fully saturated rings. The van der Waals surface area contributed by atoms with Gasteiger partial charge in [0.15, 0.2) is 6.54 Å². The first-order chi connectivity index (χ1) is 13.7. The van der Waals surface area contributed by atoms with Crippen LogP contribution < -0.4 is 10.6 Å². The lowest BCUT2D eigenvalue weighted by atomic mass is 10.0. The summed E-state index contributed by atoms with van der Waals surface area (Å²) in [6, 6.07) is 4.85. The van der Waals surface area contributed by atoms with E-state index in [9.17, 15) is 18.0 Å². The van der Waals surface area contributed by atoms with Crippen molar-refractivity contribution in [3.8, 4) is 0 Å². The molecule has 1 atom stereocenters. The number of piperidine rings is 1. The summed E-state index contributed by atoms with van der Waals surface area (Å²) in [5.41, 5.74) is 7.23. The molecule has 3 rings (SSSR count). The van der Waals surface area contributed by atoms with E-state index in [1.165, 1.54) is 4.31 Å². The van der Waals surface area contributed by atoms with Gasteiger partial charge in [-0.05, 0) is 44.7 Å². The highest BCUT2D eigenvalue weighted by Crippen LogP contribution is 2.21. The lowest BCUT2D eigenvalue weighted by Crippen LogP contribution is -3.15. The van der Waals surface area contributed by atoms with E-state index in [0.717, 1.165) is 28.9 Å². The van der Waals surface area contributed by atoms with Crippen LogP contribution in [0.5, 0.6) is 0 Å². The summed E-state index contributed by atoms with van der Waals surface area (Å²) in [5.74, 6) is -0.522. The second kappa shape index (κ2) is 8.81. The third kappa shape index (κ3) is 4.79. The molecule has 0 aromatic heterocycles. The first-order valence-corrected chi connectivity index (χ1v) is 11.6. The van der Waals surface area contributed by atoms with Gasteiger partial charge in [-0.15, -0.1) is 0 Å². The number of amides is 2. The number of nitrogens with one attached hydrogen (secondary N) is 1. The SMILES string of the molecule is Cc1ccc(S(=O)(=O)N2CC[NH+](CC(=O)N3CCCC[C@H]3C(N)=O)CC2)c(C)c1. The van der Waals surface area contributed by atoms with E-state index in [1.807, 2.05) is 26.0 Å². The Morgan fingerprint density at radius 2 is 1.83 bits per heavy atom. The van der Waals surface area contributed by atoms with E-state index < -0.39 is 22.0 Å². The minimum atomic E-state index is -3.54. The average Bonchev–Trinajstić information content (AvgIpc) is 2.68. The molecule has 0 aliphatic carbocycles. The number of nitrogens with zero attached hydrogens (tertiary/aromatic N) is 2. The molecule has 3 N–H and O–H groups in total. The molecular weight excluding hydrogens is 392 g/mol. The van der Waals surface area contributed by atoms with Crippen LogP contribution in [0.1, 0.15) is 30.4 Å². The van der Waals surface area contributed by atoms with E-state index in [1.54, 1.807) is 11.0 Å². The minimum absolute atomic E-state index is 0.0748. The number of piperazine rings is 1. The van der Waals surface area contributed by atoms with Crippen LogP contribution in [0.2, 0.25) is 0 Å². The van der Waals surface area contributed by atoms with Crippen molar-refractivity contribution >= 4 is 21.8 Å². The van der Waals surface area contributed by atoms with Crippen LogP contribution in [0.15, 0.2) is 23.1 Å². The fourth-order valence-electron chi connectivity index (χ4n) is 4.29. The molecule has 2 amide bonds. The second-order valence-corrected chi connectivity index (χ2v) is 10.0. The van der Waals surface area contributed by atoms with E-state index >= 15 is 0 Å². The minimum Gasteiger partial charge on any atom is -0.368 e. The number of primary amides is 1. The van der Waals surface area contributed by atoms with Crippen molar-refractivity contribution in [2.75, 3.05) is 39.3 Å². The Balaban J connectivity index is 1.60. The fraction of sp³-hybridized carbons (Fsp3) is 0.600. The molecule has 1 aromatic rings. The Hall–Kier alpha value is -1.97. The van der Waals surface area contributed by atoms with Crippen molar-refractivity contribution in [1.82, 2.24) is 9.21 Å². The maximum Gasteiger partial charge on any atom is 0.278 e. The normalized spacial score (nSPS) is 21.9. The Bertz CT molecular complexity index is 878. The molecule has 2 saturated heterocycles. The van der Waals surface area contributed by atoms with Crippen molar-refractivity contribution in [1.29, 1.82) is 0 Å². The fourth-order valence-corrected chi connectivity index (χ4v) is 5.94. The zero-order valence-electron chi connectivity index (χ0n) is 17.2. The molecule has 0 unspecified atom stereocenters. The number of carbonyl (C=O) groups excluding carboxylic acids is 2. The van der Waals surface area contributed by atoms with E-state index in [2.05, 4.69) is 0 Å². The van der Waals surface area contributed by atoms with Gasteiger partial charge in [0.05, 0.1) is 31.1 Å². The molecule has 0 saturated carbocycles. The molecule has 29 heavy (non-hydrogen) atoms. The lowest BCUT2D eigenvalue weighted by Gasteiger charge is -2.36. The highest BCUT2D eigenvalue weighted by Gasteiger charge is 2.35. The van der Waals surface area contributed by atoms with Crippen molar-refractivity contribution in [3.05, 3.63) is 29.3 Å². The zero-order valence-corrected chi connectivity index (χ0v) is 18.0. The smallest absolute Gasteiger partial charge is 0.278 e. The summed E-state index contributed by atoms with van der Waals surface area (Å²) in [6.07, 6.45) is 2.41. The molecule has 0 bridgehead atoms. The Kier molecular flexibility index (Phi) is 6.60. The van der Waals surface area contributed by atoms with Crippen molar-refractivity contribution in [2.45, 2.75) is 44.0 Å². The topological polar surface area (TPSA) is 105 Å². The van der Waals surface area contributed by atoms with Gasteiger partial charge < -0.3 is 15.5 Å². The largest absolute Gasteiger partial charge is 0.368 e. The number of hydrogen-bond acceptors (Lipinski definition) is 4. The van der Waals surface area contributed by atoms with Crippen LogP contribution in [0.25, 0.3) is 0 Å². The Morgan fingerprint density at radius 1 is 1.14 bits per heavy atom. The number of quaternary nitrogens is 1. The summed E-state index contributed by atoms with van der Waals surface area (Å²) in [6.45, 7) is 6.45. The zero-order chi connectivity index (χ0) is 21.2. The van der Waals surface area contributed by atoms with Gasteiger partial charge in [-0.1, -0.05) is 17.7 Å². The highest BCUT2D eigenvalue weighted by atomic mass is 32.2. The summed E-state index contributed by atoms with van der Waals surface area (Å²) in [7, 11) is -3.54. The van der Waals surface area contributed by atoms with Gasteiger partial charge in [0.1, 0.15) is 6.04 Å². The van der Waals surface area contributed by atoms with Gasteiger partial charge in [0.2, 0.25) is 15.9 Å². The van der Waals surface area contributed by atoms with Crippen molar-refractivity contribution < 1.29 is 22.9 Å². The van der Waals surface area contributed by atoms with Crippen LogP contribution in [0.3, 0.4) is 0 Å². The monoisotopic (exact) mass is 423 g/mol. The molecule has 9 heteroatoms. The maximum absolute atomic E-state index is 13.0. The molecule has 1 aromatic carbocycles. The van der Waals surface area contributed by atoms with E-state index in [0.29, 0.717) is 44.0 Å². The third-order valence-corrected chi connectivity index (χ3v) is 7.99. The molecule has 2 aliphatic heterocycles. The van der Waals surface area contributed by atoms with Crippen LogP contribution in [-0.4, -0.2) is 74.7 Å². The number of carbonyl (C=O) groups is 2. The number of sulfonamides is 1. The summed E-state index contributed by atoms with van der Waals surface area (Å²) in [5, 5.41) is 0. The molecule has 8 nitrogen and oxygen atoms in total. The molecule has 0 radical (unpaired) electrons. The first-order valence-electron chi connectivity index (χ1n) is 10.2. The number of rotatable bonds is 5. The van der Waals surface area contributed by atoms with Crippen LogP contribution in [0.4, 0.5) is 0 Å². The van der Waals surface area contributed by atoms with Crippen molar-refractivity contribution in [2.24, 2.45) is 5.73 Å². The van der Waals surface area contributed by atoms with Gasteiger partial charge in [0.25, 0.3) is 5.91 Å². The quantitative estimate of drug-likeness (QED) is 0.638. The van der Waals surface area contributed by atoms with E-state index in [4.69, 9.17) is 5.73 Å².